The van der Waals surface area contributed by atoms with Gasteiger partial charge in [-0.2, -0.15) is 0 Å². The van der Waals surface area contributed by atoms with Gasteiger partial charge in [0.15, 0.2) is 0 Å². The molecule has 2 fully saturated rings. The standard InChI is InChI=1S/C18H25FN4O3.ClH/c1-12-16(20-8-11-26-12)17(24)23-9-6-15(7-10-23)22-18(25)21-14-4-2-13(19)3-5-14;/h2-5,12,15-16,20H,6-11H2,1H3,(H2,21,22,25);1H/t12-,16+;/m1./s1. The zero-order valence-electron chi connectivity index (χ0n) is 15.2. The first-order valence-corrected chi connectivity index (χ1v) is 9.00. The summed E-state index contributed by atoms with van der Waals surface area (Å²) in [5.41, 5.74) is 0.536. The first-order chi connectivity index (χ1) is 12.5. The number of nitrogens with zero attached hydrogens (tertiary/aromatic N) is 1. The number of benzene rings is 1. The zero-order valence-corrected chi connectivity index (χ0v) is 16.1. The van der Waals surface area contributed by atoms with Gasteiger partial charge in [-0.1, -0.05) is 0 Å². The SMILES string of the molecule is C[C@H]1OCCN[C@@H]1C(=O)N1CCC(NC(=O)Nc2ccc(F)cc2)CC1.Cl. The van der Waals surface area contributed by atoms with Crippen LogP contribution in [-0.4, -0.2) is 61.3 Å². The maximum atomic E-state index is 12.9. The Hall–Kier alpha value is -1.90. The second kappa shape index (κ2) is 9.87. The van der Waals surface area contributed by atoms with E-state index in [2.05, 4.69) is 16.0 Å². The third kappa shape index (κ3) is 5.79. The van der Waals surface area contributed by atoms with Gasteiger partial charge in [0.25, 0.3) is 0 Å². The fourth-order valence-corrected chi connectivity index (χ4v) is 3.34. The number of nitrogens with one attached hydrogen (secondary N) is 3. The maximum Gasteiger partial charge on any atom is 0.319 e. The number of amides is 3. The molecule has 0 unspecified atom stereocenters. The van der Waals surface area contributed by atoms with Crippen LogP contribution in [-0.2, 0) is 9.53 Å². The summed E-state index contributed by atoms with van der Waals surface area (Å²) >= 11 is 0. The van der Waals surface area contributed by atoms with Gasteiger partial charge >= 0.3 is 6.03 Å². The summed E-state index contributed by atoms with van der Waals surface area (Å²) < 4.78 is 18.4. The van der Waals surface area contributed by atoms with E-state index in [4.69, 9.17) is 4.74 Å². The minimum Gasteiger partial charge on any atom is -0.375 e. The van der Waals surface area contributed by atoms with E-state index in [1.165, 1.54) is 24.3 Å². The average molecular weight is 401 g/mol. The normalized spacial score (nSPS) is 23.3. The summed E-state index contributed by atoms with van der Waals surface area (Å²) in [5, 5.41) is 8.81. The lowest BCUT2D eigenvalue weighted by molar-refractivity contribution is -0.140. The molecule has 0 aromatic heterocycles. The molecule has 2 aliphatic heterocycles. The molecule has 3 rings (SSSR count). The van der Waals surface area contributed by atoms with Gasteiger partial charge in [-0.15, -0.1) is 12.4 Å². The van der Waals surface area contributed by atoms with Crippen LogP contribution in [0.25, 0.3) is 0 Å². The Kier molecular flexibility index (Phi) is 7.82. The van der Waals surface area contributed by atoms with Crippen molar-refractivity contribution in [3.05, 3.63) is 30.1 Å². The van der Waals surface area contributed by atoms with Crippen molar-refractivity contribution >= 4 is 30.0 Å². The van der Waals surface area contributed by atoms with E-state index in [1.807, 2.05) is 11.8 Å². The number of hydrogen-bond acceptors (Lipinski definition) is 4. The van der Waals surface area contributed by atoms with E-state index in [-0.39, 0.29) is 48.4 Å². The molecule has 27 heavy (non-hydrogen) atoms. The lowest BCUT2D eigenvalue weighted by Crippen LogP contribution is -2.58. The summed E-state index contributed by atoms with van der Waals surface area (Å²) in [5.74, 6) is -0.286. The Morgan fingerprint density at radius 1 is 1.22 bits per heavy atom. The van der Waals surface area contributed by atoms with E-state index in [9.17, 15) is 14.0 Å². The molecule has 2 aliphatic rings. The van der Waals surface area contributed by atoms with Gasteiger partial charge in [-0.3, -0.25) is 4.79 Å². The summed E-state index contributed by atoms with van der Waals surface area (Å²) in [7, 11) is 0. The molecule has 150 valence electrons. The Labute approximate surface area is 164 Å². The van der Waals surface area contributed by atoms with Gasteiger partial charge < -0.3 is 25.6 Å². The van der Waals surface area contributed by atoms with E-state index in [1.54, 1.807) is 0 Å². The summed E-state index contributed by atoms with van der Waals surface area (Å²) in [6, 6.07) is 5.00. The molecule has 9 heteroatoms. The molecule has 1 aromatic rings. The molecule has 3 N–H and O–H groups in total. The van der Waals surface area contributed by atoms with E-state index < -0.39 is 0 Å². The smallest absolute Gasteiger partial charge is 0.319 e. The van der Waals surface area contributed by atoms with Crippen LogP contribution in [0.4, 0.5) is 14.9 Å². The number of morpholine rings is 1. The van der Waals surface area contributed by atoms with Gasteiger partial charge in [0.2, 0.25) is 5.91 Å². The predicted octanol–water partition coefficient (Wildman–Crippen LogP) is 1.74. The molecule has 2 heterocycles. The van der Waals surface area contributed by atoms with Gasteiger partial charge in [0.05, 0.1) is 12.7 Å². The van der Waals surface area contributed by atoms with Crippen LogP contribution in [0.3, 0.4) is 0 Å². The molecule has 0 bridgehead atoms. The molecule has 2 atom stereocenters. The number of carbonyl (C=O) groups excluding carboxylic acids is 2. The van der Waals surface area contributed by atoms with Crippen LogP contribution >= 0.6 is 12.4 Å². The quantitative estimate of drug-likeness (QED) is 0.721. The van der Waals surface area contributed by atoms with Crippen molar-refractivity contribution in [1.82, 2.24) is 15.5 Å². The molecule has 0 saturated carbocycles. The highest BCUT2D eigenvalue weighted by molar-refractivity contribution is 5.89. The highest BCUT2D eigenvalue weighted by Crippen LogP contribution is 2.15. The summed E-state index contributed by atoms with van der Waals surface area (Å²) in [4.78, 5) is 26.5. The predicted molar refractivity (Wildman–Crippen MR) is 103 cm³/mol. The number of carbonyl (C=O) groups is 2. The topological polar surface area (TPSA) is 82.7 Å². The van der Waals surface area contributed by atoms with Gasteiger partial charge in [-0.25, -0.2) is 9.18 Å². The Morgan fingerprint density at radius 2 is 1.89 bits per heavy atom. The largest absolute Gasteiger partial charge is 0.375 e. The van der Waals surface area contributed by atoms with Gasteiger partial charge in [-0.05, 0) is 44.0 Å². The second-order valence-electron chi connectivity index (χ2n) is 6.71. The summed E-state index contributed by atoms with van der Waals surface area (Å²) in [6.45, 7) is 4.42. The van der Waals surface area contributed by atoms with Crippen LogP contribution < -0.4 is 16.0 Å². The first kappa shape index (κ1) is 21.4. The van der Waals surface area contributed by atoms with Crippen LogP contribution in [0, 0.1) is 5.82 Å². The van der Waals surface area contributed by atoms with Crippen molar-refractivity contribution in [2.75, 3.05) is 31.6 Å². The average Bonchev–Trinajstić information content (AvgIpc) is 2.64. The third-order valence-electron chi connectivity index (χ3n) is 4.83. The van der Waals surface area contributed by atoms with Crippen molar-refractivity contribution in [2.45, 2.75) is 38.0 Å². The molecule has 0 aliphatic carbocycles. The van der Waals surface area contributed by atoms with E-state index in [0.29, 0.717) is 44.8 Å². The van der Waals surface area contributed by atoms with Crippen LogP contribution in [0.1, 0.15) is 19.8 Å². The second-order valence-corrected chi connectivity index (χ2v) is 6.71. The lowest BCUT2D eigenvalue weighted by atomic mass is 10.0. The molecule has 0 spiro atoms. The number of piperidine rings is 1. The number of anilines is 1. The third-order valence-corrected chi connectivity index (χ3v) is 4.83. The lowest BCUT2D eigenvalue weighted by Gasteiger charge is -2.37. The van der Waals surface area contributed by atoms with Crippen molar-refractivity contribution in [1.29, 1.82) is 0 Å². The Morgan fingerprint density at radius 3 is 2.52 bits per heavy atom. The van der Waals surface area contributed by atoms with E-state index >= 15 is 0 Å². The monoisotopic (exact) mass is 400 g/mol. The first-order valence-electron chi connectivity index (χ1n) is 9.00. The molecule has 0 radical (unpaired) electrons. The fraction of sp³-hybridized carbons (Fsp3) is 0.556. The highest BCUT2D eigenvalue weighted by atomic mass is 35.5. The minimum atomic E-state index is -0.347. The Bertz CT molecular complexity index is 638. The number of ether oxygens (including phenoxy) is 1. The van der Waals surface area contributed by atoms with Gasteiger partial charge in [0.1, 0.15) is 11.9 Å². The van der Waals surface area contributed by atoms with Gasteiger partial charge in [0, 0.05) is 31.4 Å². The van der Waals surface area contributed by atoms with Crippen molar-refractivity contribution < 1.29 is 18.7 Å². The number of rotatable bonds is 3. The van der Waals surface area contributed by atoms with Crippen LogP contribution in [0.5, 0.6) is 0 Å². The number of likely N-dealkylation sites (tertiary alicyclic amines) is 1. The molecule has 7 nitrogen and oxygen atoms in total. The minimum absolute atomic E-state index is 0. The van der Waals surface area contributed by atoms with Crippen LogP contribution in [0.2, 0.25) is 0 Å². The number of halogens is 2. The maximum absolute atomic E-state index is 12.9. The molecule has 3 amide bonds. The number of urea groups is 1. The molecular weight excluding hydrogens is 375 g/mol. The van der Waals surface area contributed by atoms with Crippen molar-refractivity contribution in [3.8, 4) is 0 Å². The highest BCUT2D eigenvalue weighted by Gasteiger charge is 2.33. The van der Waals surface area contributed by atoms with E-state index in [0.717, 1.165) is 0 Å². The fourth-order valence-electron chi connectivity index (χ4n) is 3.34. The Balaban J connectivity index is 0.00000261. The zero-order chi connectivity index (χ0) is 18.5. The molecular formula is C18H26ClFN4O3. The summed E-state index contributed by atoms with van der Waals surface area (Å²) in [6.07, 6.45) is 1.27. The van der Waals surface area contributed by atoms with Crippen molar-refractivity contribution in [3.63, 3.8) is 0 Å². The van der Waals surface area contributed by atoms with Crippen molar-refractivity contribution in [2.24, 2.45) is 0 Å². The van der Waals surface area contributed by atoms with Crippen LogP contribution in [0.15, 0.2) is 24.3 Å². The molecule has 2 saturated heterocycles. The number of hydrogen-bond donors (Lipinski definition) is 3. The molecule has 1 aromatic carbocycles.